The van der Waals surface area contributed by atoms with Crippen LogP contribution in [-0.4, -0.2) is 4.98 Å². The molecule has 1 unspecified atom stereocenters. The molecule has 0 spiro atoms. The van der Waals surface area contributed by atoms with Crippen molar-refractivity contribution in [2.75, 3.05) is 0 Å². The number of fused-ring (bicyclic) bond motifs is 1. The molecule has 1 aliphatic rings. The van der Waals surface area contributed by atoms with Crippen molar-refractivity contribution < 1.29 is 0 Å². The van der Waals surface area contributed by atoms with Crippen LogP contribution in [0.2, 0.25) is 0 Å². The SMILES string of the molecule is C=CCCC1CCC[C@@H]1CCc1ccc2cnc(C)cc2c1. The van der Waals surface area contributed by atoms with E-state index in [4.69, 9.17) is 0 Å². The summed E-state index contributed by atoms with van der Waals surface area (Å²) in [5.74, 6) is 1.86. The lowest BCUT2D eigenvalue weighted by Gasteiger charge is -2.19. The number of rotatable bonds is 6. The predicted octanol–water partition coefficient (Wildman–Crippen LogP) is 5.86. The Morgan fingerprint density at radius 1 is 1.14 bits per heavy atom. The molecule has 1 nitrogen and oxygen atoms in total. The highest BCUT2D eigenvalue weighted by Crippen LogP contribution is 2.37. The molecule has 1 aromatic carbocycles. The molecule has 116 valence electrons. The van der Waals surface area contributed by atoms with Crippen LogP contribution in [0, 0.1) is 18.8 Å². The molecular weight excluding hydrogens is 266 g/mol. The fourth-order valence-electron chi connectivity index (χ4n) is 4.01. The molecule has 0 saturated heterocycles. The van der Waals surface area contributed by atoms with Crippen molar-refractivity contribution in [2.24, 2.45) is 11.8 Å². The number of pyridine rings is 1. The van der Waals surface area contributed by atoms with Crippen molar-refractivity contribution in [3.8, 4) is 0 Å². The van der Waals surface area contributed by atoms with Gasteiger partial charge in [0.05, 0.1) is 0 Å². The summed E-state index contributed by atoms with van der Waals surface area (Å²) >= 11 is 0. The largest absolute Gasteiger partial charge is 0.261 e. The molecule has 2 atom stereocenters. The van der Waals surface area contributed by atoms with E-state index in [1.165, 1.54) is 61.3 Å². The average Bonchev–Trinajstić information content (AvgIpc) is 2.97. The smallest absolute Gasteiger partial charge is 0.0379 e. The van der Waals surface area contributed by atoms with E-state index in [1.807, 2.05) is 6.20 Å². The number of allylic oxidation sites excluding steroid dienone is 1. The first kappa shape index (κ1) is 15.3. The Balaban J connectivity index is 1.64. The van der Waals surface area contributed by atoms with E-state index in [9.17, 15) is 0 Å². The summed E-state index contributed by atoms with van der Waals surface area (Å²) in [6.07, 6.45) is 13.4. The summed E-state index contributed by atoms with van der Waals surface area (Å²) in [6.45, 7) is 5.94. The molecule has 1 aliphatic carbocycles. The summed E-state index contributed by atoms with van der Waals surface area (Å²) < 4.78 is 0. The van der Waals surface area contributed by atoms with Crippen LogP contribution in [0.1, 0.15) is 49.8 Å². The maximum Gasteiger partial charge on any atom is 0.0379 e. The highest BCUT2D eigenvalue weighted by molar-refractivity contribution is 5.82. The van der Waals surface area contributed by atoms with Crippen molar-refractivity contribution in [1.82, 2.24) is 4.98 Å². The summed E-state index contributed by atoms with van der Waals surface area (Å²) in [6, 6.07) is 9.06. The molecule has 0 N–H and O–H groups in total. The van der Waals surface area contributed by atoms with E-state index in [0.29, 0.717) is 0 Å². The Kier molecular flexibility index (Phi) is 4.92. The maximum absolute atomic E-state index is 4.38. The lowest BCUT2D eigenvalue weighted by Crippen LogP contribution is -2.09. The first-order valence-electron chi connectivity index (χ1n) is 8.72. The molecule has 0 bridgehead atoms. The topological polar surface area (TPSA) is 12.9 Å². The predicted molar refractivity (Wildman–Crippen MR) is 95.1 cm³/mol. The minimum Gasteiger partial charge on any atom is -0.261 e. The van der Waals surface area contributed by atoms with Gasteiger partial charge < -0.3 is 0 Å². The van der Waals surface area contributed by atoms with Gasteiger partial charge in [0.15, 0.2) is 0 Å². The Labute approximate surface area is 134 Å². The van der Waals surface area contributed by atoms with Crippen molar-refractivity contribution in [1.29, 1.82) is 0 Å². The lowest BCUT2D eigenvalue weighted by atomic mass is 9.87. The van der Waals surface area contributed by atoms with Crippen molar-refractivity contribution in [2.45, 2.75) is 51.9 Å². The first-order chi connectivity index (χ1) is 10.8. The van der Waals surface area contributed by atoms with Crippen molar-refractivity contribution in [3.63, 3.8) is 0 Å². The van der Waals surface area contributed by atoms with Gasteiger partial charge in [0.2, 0.25) is 0 Å². The van der Waals surface area contributed by atoms with Crippen LogP contribution >= 0.6 is 0 Å². The van der Waals surface area contributed by atoms with Crippen molar-refractivity contribution in [3.05, 3.63) is 54.4 Å². The number of hydrogen-bond donors (Lipinski definition) is 0. The van der Waals surface area contributed by atoms with Gasteiger partial charge in [0.1, 0.15) is 0 Å². The molecule has 1 saturated carbocycles. The zero-order chi connectivity index (χ0) is 15.4. The third-order valence-corrected chi connectivity index (χ3v) is 5.28. The lowest BCUT2D eigenvalue weighted by molar-refractivity contribution is 0.346. The summed E-state index contributed by atoms with van der Waals surface area (Å²) in [4.78, 5) is 4.38. The fourth-order valence-corrected chi connectivity index (χ4v) is 4.01. The summed E-state index contributed by atoms with van der Waals surface area (Å²) in [5, 5.41) is 2.58. The number of hydrogen-bond acceptors (Lipinski definition) is 1. The molecule has 0 amide bonds. The van der Waals surface area contributed by atoms with E-state index in [2.05, 4.69) is 48.8 Å². The number of aromatic nitrogens is 1. The second-order valence-corrected chi connectivity index (χ2v) is 6.86. The summed E-state index contributed by atoms with van der Waals surface area (Å²) in [5.41, 5.74) is 2.58. The third-order valence-electron chi connectivity index (χ3n) is 5.28. The number of nitrogens with zero attached hydrogens (tertiary/aromatic N) is 1. The Morgan fingerprint density at radius 3 is 2.77 bits per heavy atom. The first-order valence-corrected chi connectivity index (χ1v) is 8.72. The Bertz CT molecular complexity index is 643. The van der Waals surface area contributed by atoms with Gasteiger partial charge in [-0.05, 0) is 61.5 Å². The van der Waals surface area contributed by atoms with E-state index < -0.39 is 0 Å². The van der Waals surface area contributed by atoms with Gasteiger partial charge in [0.25, 0.3) is 0 Å². The molecule has 1 aromatic heterocycles. The van der Waals surface area contributed by atoms with Crippen molar-refractivity contribution >= 4 is 10.8 Å². The second kappa shape index (κ2) is 7.09. The summed E-state index contributed by atoms with van der Waals surface area (Å²) in [7, 11) is 0. The van der Waals surface area contributed by atoms with E-state index >= 15 is 0 Å². The normalized spacial score (nSPS) is 21.3. The molecule has 2 aromatic rings. The van der Waals surface area contributed by atoms with Crippen LogP contribution in [0.3, 0.4) is 0 Å². The van der Waals surface area contributed by atoms with Gasteiger partial charge in [-0.1, -0.05) is 43.5 Å². The minimum atomic E-state index is 0.926. The average molecular weight is 293 g/mol. The fraction of sp³-hybridized carbons (Fsp3) is 0.476. The molecular formula is C21H27N. The second-order valence-electron chi connectivity index (χ2n) is 6.86. The van der Waals surface area contributed by atoms with E-state index in [-0.39, 0.29) is 0 Å². The monoisotopic (exact) mass is 293 g/mol. The van der Waals surface area contributed by atoms with Crippen LogP contribution < -0.4 is 0 Å². The Morgan fingerprint density at radius 2 is 1.95 bits per heavy atom. The zero-order valence-electron chi connectivity index (χ0n) is 13.7. The zero-order valence-corrected chi connectivity index (χ0v) is 13.7. The quantitative estimate of drug-likeness (QED) is 0.608. The molecule has 1 heterocycles. The van der Waals surface area contributed by atoms with Gasteiger partial charge in [0, 0.05) is 17.3 Å². The van der Waals surface area contributed by atoms with Gasteiger partial charge in [-0.15, -0.1) is 6.58 Å². The number of benzene rings is 1. The molecule has 1 fully saturated rings. The molecule has 22 heavy (non-hydrogen) atoms. The van der Waals surface area contributed by atoms with Crippen LogP contribution in [0.15, 0.2) is 43.1 Å². The van der Waals surface area contributed by atoms with Gasteiger partial charge in [-0.2, -0.15) is 0 Å². The standard InChI is InChI=1S/C21H27N/c1-3-4-6-18-7-5-8-19(18)11-9-17-10-12-20-15-22-16(2)13-21(20)14-17/h3,10,12-15,18-19H,1,4-9,11H2,2H3/t18?,19-/m1/s1. The maximum atomic E-state index is 4.38. The highest BCUT2D eigenvalue weighted by Gasteiger charge is 2.25. The highest BCUT2D eigenvalue weighted by atomic mass is 14.6. The van der Waals surface area contributed by atoms with E-state index in [0.717, 1.165) is 17.5 Å². The van der Waals surface area contributed by atoms with Crippen LogP contribution in [0.4, 0.5) is 0 Å². The molecule has 3 rings (SSSR count). The molecule has 0 radical (unpaired) electrons. The molecule has 1 heteroatoms. The molecule has 0 aliphatic heterocycles. The Hall–Kier alpha value is -1.63. The van der Waals surface area contributed by atoms with Crippen LogP contribution in [0.5, 0.6) is 0 Å². The van der Waals surface area contributed by atoms with Gasteiger partial charge >= 0.3 is 0 Å². The third kappa shape index (κ3) is 3.58. The van der Waals surface area contributed by atoms with E-state index in [1.54, 1.807) is 0 Å². The number of aryl methyl sites for hydroxylation is 2. The van der Waals surface area contributed by atoms with Crippen LogP contribution in [0.25, 0.3) is 10.8 Å². The minimum absolute atomic E-state index is 0.926. The van der Waals surface area contributed by atoms with Crippen LogP contribution in [-0.2, 0) is 6.42 Å². The van der Waals surface area contributed by atoms with Gasteiger partial charge in [-0.3, -0.25) is 4.98 Å². The van der Waals surface area contributed by atoms with Gasteiger partial charge in [-0.25, -0.2) is 0 Å².